The number of halogens is 2. The number of rotatable bonds is 1. The molecule has 4 heteroatoms. The number of benzene rings is 1. The van der Waals surface area contributed by atoms with E-state index in [1.54, 1.807) is 6.07 Å². The molecule has 0 bridgehead atoms. The Balaban J connectivity index is 1.46. The molecule has 0 amide bonds. The fourth-order valence-corrected chi connectivity index (χ4v) is 8.22. The summed E-state index contributed by atoms with van der Waals surface area (Å²) in [4.78, 5) is 13.6. The number of allylic oxidation sites excluding steroid dienone is 1. The molecule has 5 rings (SSSR count). The number of carbonyl (C=O) groups excluding carboxylic acids is 1. The van der Waals surface area contributed by atoms with Gasteiger partial charge in [-0.1, -0.05) is 49.2 Å². The Kier molecular flexibility index (Phi) is 5.16. The number of ketones is 1. The Morgan fingerprint density at radius 3 is 2.67 bits per heavy atom. The number of fused-ring (bicyclic) bond motifs is 5. The van der Waals surface area contributed by atoms with Crippen LogP contribution >= 0.6 is 23.2 Å². The molecule has 162 valence electrons. The van der Waals surface area contributed by atoms with Crippen molar-refractivity contribution in [3.63, 3.8) is 0 Å². The lowest BCUT2D eigenvalue weighted by Gasteiger charge is -2.59. The van der Waals surface area contributed by atoms with Gasteiger partial charge in [0.25, 0.3) is 0 Å². The summed E-state index contributed by atoms with van der Waals surface area (Å²) in [6.45, 7) is 4.71. The first-order valence-corrected chi connectivity index (χ1v) is 12.4. The van der Waals surface area contributed by atoms with E-state index < -0.39 is 0 Å². The molecule has 0 aliphatic heterocycles. The van der Waals surface area contributed by atoms with Gasteiger partial charge in [-0.2, -0.15) is 0 Å². The van der Waals surface area contributed by atoms with Crippen LogP contribution in [-0.4, -0.2) is 17.0 Å². The van der Waals surface area contributed by atoms with Crippen LogP contribution < -0.4 is 0 Å². The quantitative estimate of drug-likeness (QED) is 0.473. The molecule has 0 aromatic heterocycles. The standard InChI is InChI=1S/C26H32Cl2O2/c1-25-10-8-18(29)14-17(25)6-7-19-20(25)9-11-26(2)21(19)13-16(24(26)30)12-15-4-3-5-22(27)23(15)28/h3-5,12,17-21,29H,6-11,13-14H2,1-2H3/b16-12+/t17-,18+,19+,20-,21-,25-,26-/m0/s1. The van der Waals surface area contributed by atoms with Gasteiger partial charge in [-0.15, -0.1) is 0 Å². The second-order valence-corrected chi connectivity index (χ2v) is 11.7. The van der Waals surface area contributed by atoms with Crippen molar-refractivity contribution in [1.29, 1.82) is 0 Å². The van der Waals surface area contributed by atoms with Gasteiger partial charge in [0, 0.05) is 5.41 Å². The first-order valence-electron chi connectivity index (χ1n) is 11.6. The van der Waals surface area contributed by atoms with Crippen molar-refractivity contribution >= 4 is 35.1 Å². The molecule has 0 radical (unpaired) electrons. The summed E-state index contributed by atoms with van der Waals surface area (Å²) in [5, 5.41) is 11.3. The molecule has 1 N–H and O–H groups in total. The van der Waals surface area contributed by atoms with Crippen molar-refractivity contribution in [1.82, 2.24) is 0 Å². The normalized spacial score (nSPS) is 44.5. The van der Waals surface area contributed by atoms with E-state index in [0.29, 0.717) is 44.9 Å². The van der Waals surface area contributed by atoms with Crippen LogP contribution in [0.2, 0.25) is 10.0 Å². The first kappa shape index (κ1) is 21.0. The van der Waals surface area contributed by atoms with Gasteiger partial charge >= 0.3 is 0 Å². The van der Waals surface area contributed by atoms with Crippen LogP contribution in [-0.2, 0) is 4.79 Å². The van der Waals surface area contributed by atoms with E-state index >= 15 is 0 Å². The molecular formula is C26H32Cl2O2. The third-order valence-corrected chi connectivity index (χ3v) is 10.4. The molecule has 0 unspecified atom stereocenters. The van der Waals surface area contributed by atoms with Crippen LogP contribution in [0.25, 0.3) is 6.08 Å². The molecule has 1 aromatic carbocycles. The van der Waals surface area contributed by atoms with Gasteiger partial charge in [-0.05, 0) is 104 Å². The SMILES string of the molecule is C[C@]12CC[C@@H](O)C[C@@H]1CC[C@@H]1[C@@H]2CC[C@]2(C)C(=O)/C(=C/c3cccc(Cl)c3Cl)C[C@@H]12. The van der Waals surface area contributed by atoms with Crippen LogP contribution in [0.5, 0.6) is 0 Å². The topological polar surface area (TPSA) is 37.3 Å². The van der Waals surface area contributed by atoms with E-state index in [9.17, 15) is 9.90 Å². The summed E-state index contributed by atoms with van der Waals surface area (Å²) < 4.78 is 0. The minimum Gasteiger partial charge on any atom is -0.393 e. The summed E-state index contributed by atoms with van der Waals surface area (Å²) in [7, 11) is 0. The minimum absolute atomic E-state index is 0.112. The van der Waals surface area contributed by atoms with Gasteiger partial charge in [0.15, 0.2) is 5.78 Å². The van der Waals surface area contributed by atoms with E-state index in [2.05, 4.69) is 13.8 Å². The van der Waals surface area contributed by atoms with E-state index in [-0.39, 0.29) is 11.5 Å². The monoisotopic (exact) mass is 446 g/mol. The molecular weight excluding hydrogens is 415 g/mol. The number of aliphatic hydroxyl groups excluding tert-OH is 1. The fraction of sp³-hybridized carbons (Fsp3) is 0.654. The van der Waals surface area contributed by atoms with E-state index in [1.807, 2.05) is 18.2 Å². The van der Waals surface area contributed by atoms with Gasteiger partial charge in [0.05, 0.1) is 16.1 Å². The average Bonchev–Trinajstić information content (AvgIpc) is 2.97. The highest BCUT2D eigenvalue weighted by atomic mass is 35.5. The van der Waals surface area contributed by atoms with Crippen LogP contribution in [0.3, 0.4) is 0 Å². The van der Waals surface area contributed by atoms with Crippen molar-refractivity contribution in [2.75, 3.05) is 0 Å². The summed E-state index contributed by atoms with van der Waals surface area (Å²) >= 11 is 12.6. The lowest BCUT2D eigenvalue weighted by atomic mass is 9.45. The minimum atomic E-state index is -0.241. The smallest absolute Gasteiger partial charge is 0.165 e. The van der Waals surface area contributed by atoms with E-state index in [4.69, 9.17) is 23.2 Å². The lowest BCUT2D eigenvalue weighted by molar-refractivity contribution is -0.141. The third kappa shape index (κ3) is 3.05. The van der Waals surface area contributed by atoms with Crippen LogP contribution in [0.4, 0.5) is 0 Å². The molecule has 0 saturated heterocycles. The fourth-order valence-electron chi connectivity index (χ4n) is 7.85. The molecule has 4 aliphatic carbocycles. The summed E-state index contributed by atoms with van der Waals surface area (Å²) in [6.07, 6.45) is 10.3. The summed E-state index contributed by atoms with van der Waals surface area (Å²) in [5.41, 5.74) is 1.87. The molecule has 4 fully saturated rings. The van der Waals surface area contributed by atoms with Gasteiger partial charge in [-0.3, -0.25) is 4.79 Å². The molecule has 2 nitrogen and oxygen atoms in total. The maximum Gasteiger partial charge on any atom is 0.165 e. The van der Waals surface area contributed by atoms with Gasteiger partial charge in [-0.25, -0.2) is 0 Å². The molecule has 30 heavy (non-hydrogen) atoms. The largest absolute Gasteiger partial charge is 0.393 e. The summed E-state index contributed by atoms with van der Waals surface area (Å²) in [6, 6.07) is 5.62. The summed E-state index contributed by atoms with van der Waals surface area (Å²) in [5.74, 6) is 2.70. The zero-order chi connectivity index (χ0) is 21.3. The Labute approximate surface area is 190 Å². The van der Waals surface area contributed by atoms with Crippen molar-refractivity contribution in [2.45, 2.75) is 71.3 Å². The second-order valence-electron chi connectivity index (χ2n) is 10.9. The molecule has 4 saturated carbocycles. The zero-order valence-corrected chi connectivity index (χ0v) is 19.5. The van der Waals surface area contributed by atoms with Crippen molar-refractivity contribution in [3.8, 4) is 0 Å². The lowest BCUT2D eigenvalue weighted by Crippen LogP contribution is -2.54. The van der Waals surface area contributed by atoms with Gasteiger partial charge in [0.1, 0.15) is 0 Å². The Morgan fingerprint density at radius 1 is 1.07 bits per heavy atom. The molecule has 4 aliphatic rings. The zero-order valence-electron chi connectivity index (χ0n) is 18.0. The number of Topliss-reactive ketones (excluding diaryl/α,β-unsaturated/α-hetero) is 1. The van der Waals surface area contributed by atoms with Gasteiger partial charge < -0.3 is 5.11 Å². The number of aliphatic hydroxyl groups is 1. The predicted octanol–water partition coefficient (Wildman–Crippen LogP) is 6.96. The molecule has 0 spiro atoms. The first-order chi connectivity index (χ1) is 14.2. The highest BCUT2D eigenvalue weighted by molar-refractivity contribution is 6.43. The number of hydrogen-bond donors (Lipinski definition) is 1. The third-order valence-electron chi connectivity index (χ3n) is 9.59. The number of carbonyl (C=O) groups is 1. The molecule has 0 heterocycles. The van der Waals surface area contributed by atoms with E-state index in [0.717, 1.165) is 49.7 Å². The molecule has 7 atom stereocenters. The van der Waals surface area contributed by atoms with Crippen molar-refractivity contribution in [2.24, 2.45) is 34.5 Å². The average molecular weight is 447 g/mol. The highest BCUT2D eigenvalue weighted by Crippen LogP contribution is 2.66. The van der Waals surface area contributed by atoms with Crippen molar-refractivity contribution in [3.05, 3.63) is 39.4 Å². The maximum atomic E-state index is 13.6. The molecule has 1 aromatic rings. The van der Waals surface area contributed by atoms with E-state index in [1.165, 1.54) is 12.8 Å². The van der Waals surface area contributed by atoms with Crippen LogP contribution in [0, 0.1) is 34.5 Å². The Hall–Kier alpha value is -0.830. The Bertz CT molecular complexity index is 908. The predicted molar refractivity (Wildman–Crippen MR) is 123 cm³/mol. The van der Waals surface area contributed by atoms with Crippen molar-refractivity contribution < 1.29 is 9.90 Å². The van der Waals surface area contributed by atoms with Gasteiger partial charge in [0.2, 0.25) is 0 Å². The highest BCUT2D eigenvalue weighted by Gasteiger charge is 2.61. The Morgan fingerprint density at radius 2 is 1.87 bits per heavy atom. The van der Waals surface area contributed by atoms with Crippen LogP contribution in [0.1, 0.15) is 70.8 Å². The second kappa shape index (κ2) is 7.36. The maximum absolute atomic E-state index is 13.6. The van der Waals surface area contributed by atoms with Crippen LogP contribution in [0.15, 0.2) is 23.8 Å². The number of hydrogen-bond acceptors (Lipinski definition) is 2.